The molecule has 3 aliphatic rings. The Bertz CT molecular complexity index is 1080. The zero-order valence-corrected chi connectivity index (χ0v) is 21.9. The van der Waals surface area contributed by atoms with E-state index in [2.05, 4.69) is 14.9 Å². The highest BCUT2D eigenvalue weighted by Gasteiger charge is 2.37. The molecular weight excluding hydrogens is 500 g/mol. The largest absolute Gasteiger partial charge is 0.467 e. The van der Waals surface area contributed by atoms with Crippen LogP contribution >= 0.6 is 23.1 Å². The summed E-state index contributed by atoms with van der Waals surface area (Å²) in [6, 6.07) is 5.99. The zero-order chi connectivity index (χ0) is 25.1. The molecule has 36 heavy (non-hydrogen) atoms. The predicted molar refractivity (Wildman–Crippen MR) is 138 cm³/mol. The van der Waals surface area contributed by atoms with E-state index in [0.29, 0.717) is 44.2 Å². The van der Waals surface area contributed by atoms with Crippen LogP contribution in [0.25, 0.3) is 0 Å². The third-order valence-corrected chi connectivity index (χ3v) is 9.12. The van der Waals surface area contributed by atoms with Gasteiger partial charge in [0.05, 0.1) is 12.1 Å². The Morgan fingerprint density at radius 3 is 2.44 bits per heavy atom. The number of anilines is 1. The number of aromatic nitrogens is 2. The number of likely N-dealkylation sites (tertiary alicyclic amines) is 1. The lowest BCUT2D eigenvalue weighted by atomic mass is 9.98. The number of piperazine rings is 1. The molecule has 5 heterocycles. The molecule has 3 fully saturated rings. The van der Waals surface area contributed by atoms with Crippen molar-refractivity contribution in [2.75, 3.05) is 63.6 Å². The number of thioether (sulfide) groups is 1. The monoisotopic (exact) mass is 530 g/mol. The summed E-state index contributed by atoms with van der Waals surface area (Å²) in [5, 5.41) is 2.11. The Morgan fingerprint density at radius 2 is 1.75 bits per heavy atom. The standard InChI is InChI=1S/C24H30N6O4S2/c1-34-23(32)22-30(14-15-35-22)21(31)18-16-36-20(26-18)17-5-8-28(9-6-17)24(33)29-12-10-27(11-13-29)19-4-2-3-7-25-19/h2-4,7,16-17,22H,5-6,8-15H2,1H3. The van der Waals surface area contributed by atoms with Gasteiger partial charge in [0.15, 0.2) is 5.37 Å². The van der Waals surface area contributed by atoms with Crippen LogP contribution in [0.15, 0.2) is 29.8 Å². The van der Waals surface area contributed by atoms with Crippen molar-refractivity contribution in [2.45, 2.75) is 24.1 Å². The van der Waals surface area contributed by atoms with Crippen molar-refractivity contribution in [3.8, 4) is 0 Å². The fourth-order valence-electron chi connectivity index (χ4n) is 4.88. The van der Waals surface area contributed by atoms with Gasteiger partial charge >= 0.3 is 12.0 Å². The summed E-state index contributed by atoms with van der Waals surface area (Å²) >= 11 is 2.90. The molecule has 3 amide bonds. The van der Waals surface area contributed by atoms with Crippen molar-refractivity contribution >= 4 is 46.8 Å². The maximum Gasteiger partial charge on any atom is 0.339 e. The topological polar surface area (TPSA) is 99.2 Å². The first kappa shape index (κ1) is 24.8. The van der Waals surface area contributed by atoms with Crippen LogP contribution in [0.2, 0.25) is 0 Å². The molecule has 0 radical (unpaired) electrons. The van der Waals surface area contributed by atoms with Crippen LogP contribution in [-0.4, -0.2) is 107 Å². The number of ether oxygens (including phenoxy) is 1. The molecule has 1 atom stereocenters. The highest BCUT2D eigenvalue weighted by Crippen LogP contribution is 2.32. The van der Waals surface area contributed by atoms with Gasteiger partial charge in [-0.1, -0.05) is 6.07 Å². The van der Waals surface area contributed by atoms with Crippen molar-refractivity contribution in [3.05, 3.63) is 40.5 Å². The minimum absolute atomic E-state index is 0.101. The number of carbonyl (C=O) groups excluding carboxylic acids is 3. The summed E-state index contributed by atoms with van der Waals surface area (Å²) in [4.78, 5) is 54.8. The summed E-state index contributed by atoms with van der Waals surface area (Å²) < 4.78 is 4.84. The number of rotatable bonds is 4. The van der Waals surface area contributed by atoms with Gasteiger partial charge in [-0.05, 0) is 25.0 Å². The van der Waals surface area contributed by atoms with Crippen LogP contribution in [0.3, 0.4) is 0 Å². The molecular formula is C24H30N6O4S2. The van der Waals surface area contributed by atoms with Gasteiger partial charge in [0.25, 0.3) is 5.91 Å². The van der Waals surface area contributed by atoms with Gasteiger partial charge in [0, 0.05) is 69.1 Å². The average molecular weight is 531 g/mol. The second-order valence-electron chi connectivity index (χ2n) is 9.02. The number of amides is 3. The summed E-state index contributed by atoms with van der Waals surface area (Å²) in [7, 11) is 1.34. The lowest BCUT2D eigenvalue weighted by molar-refractivity contribution is -0.142. The molecule has 192 valence electrons. The van der Waals surface area contributed by atoms with Crippen LogP contribution in [0.5, 0.6) is 0 Å². The second-order valence-corrected chi connectivity index (χ2v) is 11.1. The molecule has 0 spiro atoms. The first-order chi connectivity index (χ1) is 17.5. The normalized spacial score (nSPS) is 21.1. The smallest absolute Gasteiger partial charge is 0.339 e. The SMILES string of the molecule is COC(=O)C1SCCN1C(=O)c1csc(C2CCN(C(=O)N3CCN(c4ccccn4)CC3)CC2)n1. The maximum atomic E-state index is 13.1. The fourth-order valence-corrected chi connectivity index (χ4v) is 6.98. The summed E-state index contributed by atoms with van der Waals surface area (Å²) in [6.07, 6.45) is 3.44. The number of thiazole rings is 1. The van der Waals surface area contributed by atoms with E-state index in [0.717, 1.165) is 36.8 Å². The van der Waals surface area contributed by atoms with E-state index in [1.165, 1.54) is 30.2 Å². The molecule has 3 saturated heterocycles. The minimum Gasteiger partial charge on any atom is -0.467 e. The molecule has 10 nitrogen and oxygen atoms in total. The average Bonchev–Trinajstić information content (AvgIpc) is 3.63. The van der Waals surface area contributed by atoms with Gasteiger partial charge in [0.1, 0.15) is 11.5 Å². The number of pyridine rings is 1. The van der Waals surface area contributed by atoms with Crippen LogP contribution in [0.4, 0.5) is 10.6 Å². The van der Waals surface area contributed by atoms with Crippen LogP contribution in [0, 0.1) is 0 Å². The van der Waals surface area contributed by atoms with E-state index < -0.39 is 11.3 Å². The Morgan fingerprint density at radius 1 is 1.00 bits per heavy atom. The fraction of sp³-hybridized carbons (Fsp3) is 0.542. The van der Waals surface area contributed by atoms with Gasteiger partial charge in [-0.25, -0.2) is 19.6 Å². The lowest BCUT2D eigenvalue weighted by Gasteiger charge is -2.39. The molecule has 1 unspecified atom stereocenters. The number of urea groups is 1. The van der Waals surface area contributed by atoms with Gasteiger partial charge in [-0.3, -0.25) is 4.79 Å². The van der Waals surface area contributed by atoms with Crippen molar-refractivity contribution in [2.24, 2.45) is 0 Å². The molecule has 2 aromatic heterocycles. The van der Waals surface area contributed by atoms with E-state index in [1.54, 1.807) is 16.5 Å². The van der Waals surface area contributed by atoms with Crippen molar-refractivity contribution < 1.29 is 19.1 Å². The van der Waals surface area contributed by atoms with Gasteiger partial charge in [-0.2, -0.15) is 0 Å². The van der Waals surface area contributed by atoms with E-state index >= 15 is 0 Å². The predicted octanol–water partition coefficient (Wildman–Crippen LogP) is 2.35. The Hall–Kier alpha value is -2.86. The Balaban J connectivity index is 1.12. The molecule has 0 saturated carbocycles. The number of nitrogens with zero attached hydrogens (tertiary/aromatic N) is 6. The molecule has 0 bridgehead atoms. The first-order valence-corrected chi connectivity index (χ1v) is 14.1. The Kier molecular flexibility index (Phi) is 7.61. The molecule has 0 N–H and O–H groups in total. The first-order valence-electron chi connectivity index (χ1n) is 12.2. The molecule has 2 aromatic rings. The highest BCUT2D eigenvalue weighted by atomic mass is 32.2. The third-order valence-electron chi connectivity index (χ3n) is 6.93. The number of carbonyl (C=O) groups is 3. The zero-order valence-electron chi connectivity index (χ0n) is 20.2. The van der Waals surface area contributed by atoms with Crippen molar-refractivity contribution in [1.82, 2.24) is 24.7 Å². The summed E-state index contributed by atoms with van der Waals surface area (Å²) in [5.41, 5.74) is 0.385. The summed E-state index contributed by atoms with van der Waals surface area (Å²) in [5.74, 6) is 1.25. The molecule has 3 aliphatic heterocycles. The third kappa shape index (κ3) is 5.15. The minimum atomic E-state index is -0.604. The highest BCUT2D eigenvalue weighted by molar-refractivity contribution is 8.00. The molecule has 0 aromatic carbocycles. The van der Waals surface area contributed by atoms with E-state index in [4.69, 9.17) is 4.74 Å². The molecule has 0 aliphatic carbocycles. The quantitative estimate of drug-likeness (QED) is 0.556. The van der Waals surface area contributed by atoms with Gasteiger partial charge in [0.2, 0.25) is 0 Å². The van der Waals surface area contributed by atoms with E-state index in [-0.39, 0.29) is 17.9 Å². The maximum absolute atomic E-state index is 13.1. The number of methoxy groups -OCH3 is 1. The lowest BCUT2D eigenvalue weighted by Crippen LogP contribution is -2.54. The van der Waals surface area contributed by atoms with E-state index in [9.17, 15) is 14.4 Å². The van der Waals surface area contributed by atoms with Crippen LogP contribution in [0.1, 0.15) is 34.3 Å². The van der Waals surface area contributed by atoms with Crippen molar-refractivity contribution in [3.63, 3.8) is 0 Å². The van der Waals surface area contributed by atoms with Crippen molar-refractivity contribution in [1.29, 1.82) is 0 Å². The van der Waals surface area contributed by atoms with Crippen LogP contribution < -0.4 is 4.90 Å². The van der Waals surface area contributed by atoms with Gasteiger partial charge < -0.3 is 24.3 Å². The van der Waals surface area contributed by atoms with Crippen LogP contribution in [-0.2, 0) is 9.53 Å². The van der Waals surface area contributed by atoms with Gasteiger partial charge in [-0.15, -0.1) is 23.1 Å². The number of esters is 1. The number of piperidine rings is 1. The van der Waals surface area contributed by atoms with E-state index in [1.807, 2.05) is 28.0 Å². The molecule has 12 heteroatoms. The second kappa shape index (κ2) is 11.0. The number of hydrogen-bond acceptors (Lipinski definition) is 9. The molecule has 5 rings (SSSR count). The number of hydrogen-bond donors (Lipinski definition) is 0. The summed E-state index contributed by atoms with van der Waals surface area (Å²) in [6.45, 7) is 4.80. The Labute approximate surface area is 218 Å².